The molecule has 3 N–H and O–H groups in total. The number of nitrogens with one attached hydrogen (secondary N) is 1. The van der Waals surface area contributed by atoms with E-state index in [1.807, 2.05) is 0 Å². The summed E-state index contributed by atoms with van der Waals surface area (Å²) in [7, 11) is 0. The van der Waals surface area contributed by atoms with Crippen LogP contribution in [-0.4, -0.2) is 18.6 Å². The third kappa shape index (κ3) is 9.61. The first-order chi connectivity index (χ1) is 8.04. The highest BCUT2D eigenvalue weighted by molar-refractivity contribution is 4.83. The predicted octanol–water partition coefficient (Wildman–Crippen LogP) is 3.70. The fourth-order valence-corrected chi connectivity index (χ4v) is 1.99. The van der Waals surface area contributed by atoms with E-state index in [1.165, 1.54) is 32.1 Å². The molecule has 104 valence electrons. The second-order valence-electron chi connectivity index (χ2n) is 5.84. The maximum Gasteiger partial charge on any atom is 0.0275 e. The summed E-state index contributed by atoms with van der Waals surface area (Å²) in [6.07, 6.45) is 8.93. The molecule has 0 aliphatic carbocycles. The van der Waals surface area contributed by atoms with E-state index in [9.17, 15) is 0 Å². The summed E-state index contributed by atoms with van der Waals surface area (Å²) in [5.74, 6) is 0.861. The zero-order valence-electron chi connectivity index (χ0n) is 12.5. The molecule has 2 heteroatoms. The monoisotopic (exact) mass is 242 g/mol. The molecule has 0 saturated heterocycles. The van der Waals surface area contributed by atoms with Crippen LogP contribution >= 0.6 is 0 Å². The Hall–Kier alpha value is -0.0800. The fourth-order valence-electron chi connectivity index (χ4n) is 1.99. The minimum absolute atomic E-state index is 0.0116. The molecule has 0 aromatic heterocycles. The Morgan fingerprint density at radius 3 is 2.12 bits per heavy atom. The topological polar surface area (TPSA) is 38.0 Å². The second kappa shape index (κ2) is 9.90. The van der Waals surface area contributed by atoms with Gasteiger partial charge < -0.3 is 11.1 Å². The summed E-state index contributed by atoms with van der Waals surface area (Å²) in [6, 6.07) is 0. The van der Waals surface area contributed by atoms with Crippen molar-refractivity contribution >= 4 is 0 Å². The summed E-state index contributed by atoms with van der Waals surface area (Å²) in [5, 5.41) is 3.50. The van der Waals surface area contributed by atoms with Gasteiger partial charge in [0.25, 0.3) is 0 Å². The van der Waals surface area contributed by atoms with Gasteiger partial charge in [0.1, 0.15) is 0 Å². The van der Waals surface area contributed by atoms with Crippen molar-refractivity contribution < 1.29 is 0 Å². The number of rotatable bonds is 11. The molecule has 0 aliphatic rings. The third-order valence-corrected chi connectivity index (χ3v) is 3.77. The summed E-state index contributed by atoms with van der Waals surface area (Å²) in [5.41, 5.74) is 6.24. The Labute approximate surface area is 109 Å². The molecule has 17 heavy (non-hydrogen) atoms. The van der Waals surface area contributed by atoms with Gasteiger partial charge in [0, 0.05) is 12.1 Å². The van der Waals surface area contributed by atoms with Crippen molar-refractivity contribution in [2.75, 3.05) is 13.1 Å². The van der Waals surface area contributed by atoms with Crippen molar-refractivity contribution in [3.05, 3.63) is 0 Å². The maximum absolute atomic E-state index is 6.23. The Morgan fingerprint density at radius 1 is 1.00 bits per heavy atom. The van der Waals surface area contributed by atoms with Crippen molar-refractivity contribution in [3.63, 3.8) is 0 Å². The van der Waals surface area contributed by atoms with Crippen LogP contribution in [0.2, 0.25) is 0 Å². The molecule has 0 heterocycles. The lowest BCUT2D eigenvalue weighted by molar-refractivity contribution is 0.367. The van der Waals surface area contributed by atoms with Crippen LogP contribution in [0.1, 0.15) is 72.6 Å². The van der Waals surface area contributed by atoms with Crippen molar-refractivity contribution in [1.82, 2.24) is 5.32 Å². The van der Waals surface area contributed by atoms with Crippen LogP contribution in [0.5, 0.6) is 0 Å². The van der Waals surface area contributed by atoms with Gasteiger partial charge in [-0.1, -0.05) is 53.4 Å². The van der Waals surface area contributed by atoms with Crippen LogP contribution in [-0.2, 0) is 0 Å². The van der Waals surface area contributed by atoms with E-state index in [0.29, 0.717) is 0 Å². The van der Waals surface area contributed by atoms with Crippen LogP contribution < -0.4 is 11.1 Å². The van der Waals surface area contributed by atoms with Gasteiger partial charge in [-0.15, -0.1) is 0 Å². The van der Waals surface area contributed by atoms with E-state index >= 15 is 0 Å². The summed E-state index contributed by atoms with van der Waals surface area (Å²) >= 11 is 0. The Kier molecular flexibility index (Phi) is 9.85. The molecule has 2 nitrogen and oxygen atoms in total. The van der Waals surface area contributed by atoms with E-state index < -0.39 is 0 Å². The van der Waals surface area contributed by atoms with Gasteiger partial charge in [-0.2, -0.15) is 0 Å². The average Bonchev–Trinajstić information content (AvgIpc) is 2.32. The summed E-state index contributed by atoms with van der Waals surface area (Å²) in [6.45, 7) is 11.1. The van der Waals surface area contributed by atoms with Gasteiger partial charge in [-0.05, 0) is 31.7 Å². The Bertz CT molecular complexity index is 162. The highest BCUT2D eigenvalue weighted by atomic mass is 14.9. The van der Waals surface area contributed by atoms with Crippen LogP contribution in [0.4, 0.5) is 0 Å². The summed E-state index contributed by atoms with van der Waals surface area (Å²) < 4.78 is 0. The third-order valence-electron chi connectivity index (χ3n) is 3.77. The van der Waals surface area contributed by atoms with E-state index in [2.05, 4.69) is 33.0 Å². The van der Waals surface area contributed by atoms with E-state index in [-0.39, 0.29) is 5.54 Å². The molecule has 0 radical (unpaired) electrons. The van der Waals surface area contributed by atoms with Crippen LogP contribution in [0.3, 0.4) is 0 Å². The molecule has 0 unspecified atom stereocenters. The van der Waals surface area contributed by atoms with Gasteiger partial charge in [0.05, 0.1) is 0 Å². The van der Waals surface area contributed by atoms with E-state index in [1.54, 1.807) is 0 Å². The Morgan fingerprint density at radius 2 is 1.59 bits per heavy atom. The number of hydrogen-bond donors (Lipinski definition) is 2. The summed E-state index contributed by atoms with van der Waals surface area (Å²) in [4.78, 5) is 0. The molecule has 0 aliphatic heterocycles. The molecule has 0 spiro atoms. The van der Waals surface area contributed by atoms with E-state index in [4.69, 9.17) is 5.73 Å². The van der Waals surface area contributed by atoms with Crippen LogP contribution in [0.25, 0.3) is 0 Å². The lowest BCUT2D eigenvalue weighted by Gasteiger charge is -2.26. The highest BCUT2D eigenvalue weighted by Gasteiger charge is 2.18. The SMILES string of the molecule is CCC(N)(CC)CNCCCCCCC(C)C. The van der Waals surface area contributed by atoms with Gasteiger partial charge in [-0.25, -0.2) is 0 Å². The van der Waals surface area contributed by atoms with Crippen LogP contribution in [0, 0.1) is 5.92 Å². The molecule has 0 bridgehead atoms. The zero-order chi connectivity index (χ0) is 13.1. The first kappa shape index (κ1) is 16.9. The standard InChI is InChI=1S/C15H34N2/c1-5-15(16,6-2)13-17-12-10-8-7-9-11-14(3)4/h14,17H,5-13,16H2,1-4H3. The van der Waals surface area contributed by atoms with E-state index in [0.717, 1.165) is 31.8 Å². The average molecular weight is 242 g/mol. The van der Waals surface area contributed by atoms with Gasteiger partial charge in [-0.3, -0.25) is 0 Å². The minimum atomic E-state index is 0.0116. The molecule has 0 amide bonds. The quantitative estimate of drug-likeness (QED) is 0.542. The number of nitrogens with two attached hydrogens (primary N) is 1. The van der Waals surface area contributed by atoms with Gasteiger partial charge >= 0.3 is 0 Å². The highest BCUT2D eigenvalue weighted by Crippen LogP contribution is 2.10. The molecule has 0 atom stereocenters. The van der Waals surface area contributed by atoms with Gasteiger partial charge in [0.15, 0.2) is 0 Å². The smallest absolute Gasteiger partial charge is 0.0275 e. The lowest BCUT2D eigenvalue weighted by atomic mass is 9.94. The largest absolute Gasteiger partial charge is 0.324 e. The second-order valence-corrected chi connectivity index (χ2v) is 5.84. The molecular weight excluding hydrogens is 208 g/mol. The first-order valence-electron chi connectivity index (χ1n) is 7.53. The van der Waals surface area contributed by atoms with Gasteiger partial charge in [0.2, 0.25) is 0 Å². The maximum atomic E-state index is 6.23. The van der Waals surface area contributed by atoms with Crippen molar-refractivity contribution in [2.24, 2.45) is 11.7 Å². The van der Waals surface area contributed by atoms with Crippen LogP contribution in [0.15, 0.2) is 0 Å². The number of unbranched alkanes of at least 4 members (excludes halogenated alkanes) is 3. The Balaban J connectivity index is 3.29. The number of hydrogen-bond acceptors (Lipinski definition) is 2. The fraction of sp³-hybridized carbons (Fsp3) is 1.00. The van der Waals surface area contributed by atoms with Crippen molar-refractivity contribution in [1.29, 1.82) is 0 Å². The van der Waals surface area contributed by atoms with Crippen molar-refractivity contribution in [3.8, 4) is 0 Å². The first-order valence-corrected chi connectivity index (χ1v) is 7.53. The zero-order valence-corrected chi connectivity index (χ0v) is 12.5. The van der Waals surface area contributed by atoms with Crippen molar-refractivity contribution in [2.45, 2.75) is 78.2 Å². The normalized spacial score (nSPS) is 12.4. The predicted molar refractivity (Wildman–Crippen MR) is 78.3 cm³/mol. The molecule has 0 aromatic carbocycles. The lowest BCUT2D eigenvalue weighted by Crippen LogP contribution is -2.47. The molecule has 0 aromatic rings. The molecule has 0 saturated carbocycles. The molecular formula is C15H34N2. The minimum Gasteiger partial charge on any atom is -0.324 e. The molecule has 0 rings (SSSR count). The molecule has 0 fully saturated rings.